The number of hydrogen-bond acceptors (Lipinski definition) is 4. The second kappa shape index (κ2) is 6.44. The monoisotopic (exact) mass is 305 g/mol. The van der Waals surface area contributed by atoms with Gasteiger partial charge in [-0.2, -0.15) is 0 Å². The van der Waals surface area contributed by atoms with Gasteiger partial charge in [-0.3, -0.25) is 4.79 Å². The quantitative estimate of drug-likeness (QED) is 0.850. The standard InChI is InChI=1S/C16H20FN3O2/c1-2-19-7-9-20(10-8-19)16(21)15-11-14(18-22-15)12-3-5-13(17)6-4-12/h3-6,15H,2,7-11H2,1H3/t15-/m0/s1. The van der Waals surface area contributed by atoms with Gasteiger partial charge in [0.1, 0.15) is 5.82 Å². The van der Waals surface area contributed by atoms with Gasteiger partial charge in [0.15, 0.2) is 0 Å². The zero-order valence-corrected chi connectivity index (χ0v) is 12.7. The van der Waals surface area contributed by atoms with Crippen LogP contribution in [0.1, 0.15) is 18.9 Å². The molecule has 1 amide bonds. The maximum Gasteiger partial charge on any atom is 0.266 e. The van der Waals surface area contributed by atoms with Crippen LogP contribution in [0.5, 0.6) is 0 Å². The zero-order chi connectivity index (χ0) is 15.5. The maximum atomic E-state index is 12.9. The molecule has 2 heterocycles. The number of rotatable bonds is 3. The minimum atomic E-state index is -0.548. The molecule has 118 valence electrons. The highest BCUT2D eigenvalue weighted by atomic mass is 19.1. The Morgan fingerprint density at radius 1 is 1.27 bits per heavy atom. The van der Waals surface area contributed by atoms with Gasteiger partial charge in [-0.25, -0.2) is 4.39 Å². The highest BCUT2D eigenvalue weighted by molar-refractivity contribution is 6.04. The largest absolute Gasteiger partial charge is 0.382 e. The van der Waals surface area contributed by atoms with Gasteiger partial charge in [0.05, 0.1) is 5.71 Å². The highest BCUT2D eigenvalue weighted by Gasteiger charge is 2.33. The van der Waals surface area contributed by atoms with E-state index in [2.05, 4.69) is 17.0 Å². The fourth-order valence-electron chi connectivity index (χ4n) is 2.81. The molecule has 3 rings (SSSR count). The van der Waals surface area contributed by atoms with E-state index >= 15 is 0 Å². The van der Waals surface area contributed by atoms with Crippen LogP contribution in [-0.4, -0.2) is 60.2 Å². The van der Waals surface area contributed by atoms with Crippen molar-refractivity contribution in [3.63, 3.8) is 0 Å². The fraction of sp³-hybridized carbons (Fsp3) is 0.500. The lowest BCUT2D eigenvalue weighted by atomic mass is 10.0. The number of nitrogens with zero attached hydrogens (tertiary/aromatic N) is 3. The molecular formula is C16H20FN3O2. The summed E-state index contributed by atoms with van der Waals surface area (Å²) in [6.07, 6.45) is -0.105. The molecule has 0 unspecified atom stereocenters. The molecule has 2 aliphatic rings. The van der Waals surface area contributed by atoms with Crippen molar-refractivity contribution in [1.82, 2.24) is 9.80 Å². The molecule has 0 aliphatic carbocycles. The summed E-state index contributed by atoms with van der Waals surface area (Å²) in [6, 6.07) is 6.09. The summed E-state index contributed by atoms with van der Waals surface area (Å²) in [4.78, 5) is 21.9. The Hall–Kier alpha value is -1.95. The maximum absolute atomic E-state index is 12.9. The summed E-state index contributed by atoms with van der Waals surface area (Å²) in [7, 11) is 0. The van der Waals surface area contributed by atoms with E-state index in [1.807, 2.05) is 4.90 Å². The van der Waals surface area contributed by atoms with Crippen LogP contribution < -0.4 is 0 Å². The number of carbonyl (C=O) groups excluding carboxylic acids is 1. The van der Waals surface area contributed by atoms with Crippen LogP contribution in [0.3, 0.4) is 0 Å². The van der Waals surface area contributed by atoms with Crippen molar-refractivity contribution in [3.8, 4) is 0 Å². The lowest BCUT2D eigenvalue weighted by molar-refractivity contribution is -0.143. The predicted molar refractivity (Wildman–Crippen MR) is 81.1 cm³/mol. The van der Waals surface area contributed by atoms with Crippen molar-refractivity contribution in [2.45, 2.75) is 19.4 Å². The Balaban J connectivity index is 1.57. The van der Waals surface area contributed by atoms with E-state index in [9.17, 15) is 9.18 Å². The molecule has 2 aliphatic heterocycles. The average Bonchev–Trinajstić information content (AvgIpc) is 3.05. The van der Waals surface area contributed by atoms with Gasteiger partial charge < -0.3 is 14.6 Å². The minimum Gasteiger partial charge on any atom is -0.382 e. The number of carbonyl (C=O) groups is 1. The molecule has 6 heteroatoms. The smallest absolute Gasteiger partial charge is 0.266 e. The molecule has 1 saturated heterocycles. The molecule has 0 bridgehead atoms. The molecule has 0 spiro atoms. The normalized spacial score (nSPS) is 22.4. The average molecular weight is 305 g/mol. The molecule has 5 nitrogen and oxygen atoms in total. The van der Waals surface area contributed by atoms with Gasteiger partial charge in [0.25, 0.3) is 5.91 Å². The SMILES string of the molecule is CCN1CCN(C(=O)[C@@H]2CC(c3ccc(F)cc3)=NO2)CC1. The Kier molecular flexibility index (Phi) is 4.38. The van der Waals surface area contributed by atoms with E-state index in [1.54, 1.807) is 12.1 Å². The third-order valence-corrected chi connectivity index (χ3v) is 4.25. The first-order valence-electron chi connectivity index (χ1n) is 7.67. The first kappa shape index (κ1) is 15.0. The van der Waals surface area contributed by atoms with Crippen LogP contribution in [0.15, 0.2) is 29.4 Å². The summed E-state index contributed by atoms with van der Waals surface area (Å²) >= 11 is 0. The molecule has 22 heavy (non-hydrogen) atoms. The molecule has 1 aromatic carbocycles. The lowest BCUT2D eigenvalue weighted by Gasteiger charge is -2.34. The predicted octanol–water partition coefficient (Wildman–Crippen LogP) is 1.48. The number of benzene rings is 1. The van der Waals surface area contributed by atoms with E-state index in [1.165, 1.54) is 12.1 Å². The first-order chi connectivity index (χ1) is 10.7. The number of oxime groups is 1. The van der Waals surface area contributed by atoms with Crippen LogP contribution in [0.4, 0.5) is 4.39 Å². The third-order valence-electron chi connectivity index (χ3n) is 4.25. The summed E-state index contributed by atoms with van der Waals surface area (Å²) < 4.78 is 12.9. The van der Waals surface area contributed by atoms with E-state index in [0.29, 0.717) is 12.1 Å². The zero-order valence-electron chi connectivity index (χ0n) is 12.7. The number of piperazine rings is 1. The Morgan fingerprint density at radius 2 is 1.95 bits per heavy atom. The molecule has 0 radical (unpaired) electrons. The molecular weight excluding hydrogens is 285 g/mol. The third kappa shape index (κ3) is 3.11. The van der Waals surface area contributed by atoms with Crippen molar-refractivity contribution in [2.24, 2.45) is 5.16 Å². The van der Waals surface area contributed by atoms with Crippen molar-refractivity contribution in [1.29, 1.82) is 0 Å². The van der Waals surface area contributed by atoms with Crippen molar-refractivity contribution in [2.75, 3.05) is 32.7 Å². The topological polar surface area (TPSA) is 45.1 Å². The van der Waals surface area contributed by atoms with E-state index in [-0.39, 0.29) is 11.7 Å². The summed E-state index contributed by atoms with van der Waals surface area (Å²) in [5.41, 5.74) is 1.50. The summed E-state index contributed by atoms with van der Waals surface area (Å²) in [5.74, 6) is -0.290. The summed E-state index contributed by atoms with van der Waals surface area (Å²) in [5, 5.41) is 4.00. The Labute approximate surface area is 129 Å². The number of halogens is 1. The van der Waals surface area contributed by atoms with Gasteiger partial charge >= 0.3 is 0 Å². The van der Waals surface area contributed by atoms with Gasteiger partial charge in [-0.1, -0.05) is 24.2 Å². The van der Waals surface area contributed by atoms with Gasteiger partial charge in [0, 0.05) is 32.6 Å². The minimum absolute atomic E-state index is 0.00313. The van der Waals surface area contributed by atoms with Crippen LogP contribution in [-0.2, 0) is 9.63 Å². The van der Waals surface area contributed by atoms with Crippen LogP contribution in [0.25, 0.3) is 0 Å². The Bertz CT molecular complexity index is 565. The van der Waals surface area contributed by atoms with Crippen LogP contribution >= 0.6 is 0 Å². The highest BCUT2D eigenvalue weighted by Crippen LogP contribution is 2.19. The van der Waals surface area contributed by atoms with Crippen LogP contribution in [0, 0.1) is 5.82 Å². The van der Waals surface area contributed by atoms with Gasteiger partial charge in [-0.15, -0.1) is 0 Å². The first-order valence-corrected chi connectivity index (χ1v) is 7.67. The lowest BCUT2D eigenvalue weighted by Crippen LogP contribution is -2.51. The van der Waals surface area contributed by atoms with Gasteiger partial charge in [0.2, 0.25) is 6.10 Å². The molecule has 0 saturated carbocycles. The van der Waals surface area contributed by atoms with Crippen molar-refractivity contribution < 1.29 is 14.0 Å². The molecule has 1 aromatic rings. The number of amides is 1. The Morgan fingerprint density at radius 3 is 2.59 bits per heavy atom. The molecule has 0 N–H and O–H groups in total. The second-order valence-electron chi connectivity index (χ2n) is 5.60. The van der Waals surface area contributed by atoms with Gasteiger partial charge in [-0.05, 0) is 24.2 Å². The number of likely N-dealkylation sites (N-methyl/N-ethyl adjacent to an activating group) is 1. The van der Waals surface area contributed by atoms with Crippen LogP contribution in [0.2, 0.25) is 0 Å². The van der Waals surface area contributed by atoms with E-state index < -0.39 is 6.10 Å². The summed E-state index contributed by atoms with van der Waals surface area (Å²) in [6.45, 7) is 6.41. The second-order valence-corrected chi connectivity index (χ2v) is 5.60. The number of hydrogen-bond donors (Lipinski definition) is 0. The van der Waals surface area contributed by atoms with E-state index in [0.717, 1.165) is 38.3 Å². The van der Waals surface area contributed by atoms with Crippen molar-refractivity contribution >= 4 is 11.6 Å². The van der Waals surface area contributed by atoms with Crippen molar-refractivity contribution in [3.05, 3.63) is 35.6 Å². The molecule has 0 aromatic heterocycles. The molecule has 1 fully saturated rings. The van der Waals surface area contributed by atoms with E-state index in [4.69, 9.17) is 4.84 Å². The fourth-order valence-corrected chi connectivity index (χ4v) is 2.81. The molecule has 1 atom stereocenters.